The summed E-state index contributed by atoms with van der Waals surface area (Å²) in [6.45, 7) is 2.33. The zero-order chi connectivity index (χ0) is 33.0. The van der Waals surface area contributed by atoms with E-state index in [0.29, 0.717) is 0 Å². The third-order valence-corrected chi connectivity index (χ3v) is 11.8. The van der Waals surface area contributed by atoms with Crippen LogP contribution in [-0.4, -0.2) is 0 Å². The molecule has 0 saturated carbocycles. The number of ether oxygens (including phenoxy) is 1. The summed E-state index contributed by atoms with van der Waals surface area (Å²) in [5.41, 5.74) is 15.9. The monoisotopic (exact) mass is 636 g/mol. The van der Waals surface area contributed by atoms with Crippen LogP contribution in [-0.2, 0) is 10.8 Å². The van der Waals surface area contributed by atoms with Crippen molar-refractivity contribution in [3.63, 3.8) is 0 Å². The van der Waals surface area contributed by atoms with Gasteiger partial charge in [-0.25, -0.2) is 0 Å². The van der Waals surface area contributed by atoms with Crippen molar-refractivity contribution in [1.29, 1.82) is 0 Å². The molecule has 0 N–H and O–H groups in total. The predicted octanol–water partition coefficient (Wildman–Crippen LogP) is 12.3. The van der Waals surface area contributed by atoms with Crippen LogP contribution in [0.1, 0.15) is 45.9 Å². The van der Waals surface area contributed by atoms with Gasteiger partial charge in [-0.2, -0.15) is 0 Å². The van der Waals surface area contributed by atoms with Crippen molar-refractivity contribution in [1.82, 2.24) is 0 Å². The topological polar surface area (TPSA) is 9.23 Å². The minimum Gasteiger partial charge on any atom is -0.457 e. The first-order valence-electron chi connectivity index (χ1n) is 17.5. The third kappa shape index (κ3) is 3.42. The number of fused-ring (bicyclic) bond motifs is 14. The van der Waals surface area contributed by atoms with Crippen molar-refractivity contribution in [3.8, 4) is 44.9 Å². The van der Waals surface area contributed by atoms with E-state index in [-0.39, 0.29) is 5.41 Å². The van der Waals surface area contributed by atoms with Gasteiger partial charge in [-0.1, -0.05) is 158 Å². The normalized spacial score (nSPS) is 18.8. The van der Waals surface area contributed by atoms with E-state index in [4.69, 9.17) is 4.74 Å². The van der Waals surface area contributed by atoms with Crippen LogP contribution >= 0.6 is 0 Å². The van der Waals surface area contributed by atoms with Crippen LogP contribution in [0, 0.1) is 0 Å². The molecule has 0 radical (unpaired) electrons. The molecule has 1 nitrogen and oxygen atoms in total. The first kappa shape index (κ1) is 27.7. The molecule has 0 bridgehead atoms. The second kappa shape index (κ2) is 9.94. The van der Waals surface area contributed by atoms with Crippen LogP contribution in [0.25, 0.3) is 44.2 Å². The lowest BCUT2D eigenvalue weighted by Gasteiger charge is -2.38. The second-order valence-electron chi connectivity index (χ2n) is 14.1. The molecule has 50 heavy (non-hydrogen) atoms. The number of rotatable bonds is 2. The van der Waals surface area contributed by atoms with Gasteiger partial charge in [0.2, 0.25) is 0 Å². The number of hydrogen-bond donors (Lipinski definition) is 0. The van der Waals surface area contributed by atoms with Gasteiger partial charge in [0.25, 0.3) is 0 Å². The van der Waals surface area contributed by atoms with Crippen molar-refractivity contribution >= 4 is 10.8 Å². The van der Waals surface area contributed by atoms with E-state index >= 15 is 0 Å². The maximum Gasteiger partial charge on any atom is 0.132 e. The highest BCUT2D eigenvalue weighted by Crippen LogP contribution is 2.64. The zero-order valence-corrected chi connectivity index (χ0v) is 27.7. The molecule has 0 amide bonds. The van der Waals surface area contributed by atoms with E-state index < -0.39 is 5.41 Å². The average molecular weight is 637 g/mol. The fourth-order valence-corrected chi connectivity index (χ4v) is 9.60. The Morgan fingerprint density at radius 3 is 1.86 bits per heavy atom. The van der Waals surface area contributed by atoms with E-state index in [1.807, 2.05) is 0 Å². The highest BCUT2D eigenvalue weighted by molar-refractivity contribution is 6.06. The first-order chi connectivity index (χ1) is 24.7. The van der Waals surface area contributed by atoms with Crippen LogP contribution < -0.4 is 4.74 Å². The SMILES string of the molecule is CC1(c2ccccc2)c2ccccc2Oc2cc(-c3ccc4c(c3)C3(c5ccccc5-4)c4ccccc4-c4c3ccc3ccccc43)ccc21. The maximum absolute atomic E-state index is 6.73. The minimum atomic E-state index is -0.409. The smallest absolute Gasteiger partial charge is 0.132 e. The Bertz CT molecular complexity index is 2700. The molecular weight excluding hydrogens is 605 g/mol. The second-order valence-corrected chi connectivity index (χ2v) is 14.1. The molecule has 234 valence electrons. The van der Waals surface area contributed by atoms with Gasteiger partial charge in [0.15, 0.2) is 0 Å². The highest BCUT2D eigenvalue weighted by Gasteiger charge is 2.52. The van der Waals surface area contributed by atoms with Crippen molar-refractivity contribution < 1.29 is 4.74 Å². The number of benzene rings is 8. The predicted molar refractivity (Wildman–Crippen MR) is 204 cm³/mol. The van der Waals surface area contributed by atoms with Crippen molar-refractivity contribution in [2.24, 2.45) is 0 Å². The Kier molecular flexibility index (Phi) is 5.51. The van der Waals surface area contributed by atoms with Gasteiger partial charge in [0.05, 0.1) is 5.41 Å². The van der Waals surface area contributed by atoms with E-state index in [9.17, 15) is 0 Å². The lowest BCUT2D eigenvalue weighted by molar-refractivity contribution is 0.427. The van der Waals surface area contributed by atoms with Gasteiger partial charge in [-0.05, 0) is 97.1 Å². The van der Waals surface area contributed by atoms with Gasteiger partial charge in [-0.15, -0.1) is 0 Å². The summed E-state index contributed by atoms with van der Waals surface area (Å²) >= 11 is 0. The van der Waals surface area contributed by atoms with E-state index in [2.05, 4.69) is 183 Å². The average Bonchev–Trinajstić information content (AvgIpc) is 3.65. The molecule has 11 rings (SSSR count). The molecule has 2 atom stereocenters. The summed E-state index contributed by atoms with van der Waals surface area (Å²) in [5, 5.41) is 2.58. The highest BCUT2D eigenvalue weighted by atomic mass is 16.5. The van der Waals surface area contributed by atoms with Crippen LogP contribution in [0.15, 0.2) is 176 Å². The maximum atomic E-state index is 6.73. The largest absolute Gasteiger partial charge is 0.457 e. The summed E-state index contributed by atoms with van der Waals surface area (Å²) in [5.74, 6) is 1.83. The van der Waals surface area contributed by atoms with Crippen LogP contribution in [0.2, 0.25) is 0 Å². The summed E-state index contributed by atoms with van der Waals surface area (Å²) < 4.78 is 6.73. The Balaban J connectivity index is 1.15. The molecule has 8 aromatic rings. The Morgan fingerprint density at radius 2 is 1.00 bits per heavy atom. The molecule has 0 aromatic heterocycles. The Labute approximate surface area is 292 Å². The molecule has 2 unspecified atom stereocenters. The van der Waals surface area contributed by atoms with E-state index in [1.165, 1.54) is 77.5 Å². The lowest BCUT2D eigenvalue weighted by atomic mass is 9.69. The third-order valence-electron chi connectivity index (χ3n) is 11.8. The molecule has 0 saturated heterocycles. The molecule has 3 aliphatic rings. The first-order valence-corrected chi connectivity index (χ1v) is 17.5. The quantitative estimate of drug-likeness (QED) is 0.183. The molecule has 1 heterocycles. The Hall–Kier alpha value is -6.18. The van der Waals surface area contributed by atoms with Gasteiger partial charge in [0, 0.05) is 16.5 Å². The van der Waals surface area contributed by atoms with Crippen LogP contribution in [0.3, 0.4) is 0 Å². The summed E-state index contributed by atoms with van der Waals surface area (Å²) in [4.78, 5) is 0. The molecule has 1 aliphatic heterocycles. The Morgan fingerprint density at radius 1 is 0.400 bits per heavy atom. The van der Waals surface area contributed by atoms with Crippen molar-refractivity contribution in [3.05, 3.63) is 215 Å². The molecule has 1 heteroatoms. The van der Waals surface area contributed by atoms with Crippen molar-refractivity contribution in [2.75, 3.05) is 0 Å². The summed E-state index contributed by atoms with van der Waals surface area (Å²) in [6.07, 6.45) is 0. The lowest BCUT2D eigenvalue weighted by Crippen LogP contribution is -2.29. The molecule has 2 aliphatic carbocycles. The molecule has 1 spiro atoms. The van der Waals surface area contributed by atoms with Gasteiger partial charge < -0.3 is 4.74 Å². The van der Waals surface area contributed by atoms with E-state index in [1.54, 1.807) is 0 Å². The van der Waals surface area contributed by atoms with E-state index in [0.717, 1.165) is 17.1 Å². The van der Waals surface area contributed by atoms with Crippen LogP contribution in [0.5, 0.6) is 11.5 Å². The molecular formula is C49H32O. The van der Waals surface area contributed by atoms with Gasteiger partial charge in [-0.3, -0.25) is 0 Å². The molecule has 8 aromatic carbocycles. The number of para-hydroxylation sites is 1. The fourth-order valence-electron chi connectivity index (χ4n) is 9.60. The minimum absolute atomic E-state index is 0.340. The zero-order valence-electron chi connectivity index (χ0n) is 27.7. The standard InChI is InChI=1S/C49H32O/c1-48(34-14-3-2-4-15-34)41-21-11-12-22-45(41)50-46-30-33(25-27-42(46)48)32-23-26-37-36-17-7-9-19-39(36)49(44(37)29-32)40-20-10-8-18-38(40)47-35-16-6-5-13-31(35)24-28-43(47)49/h2-30H,1H3. The summed E-state index contributed by atoms with van der Waals surface area (Å²) in [6, 6.07) is 64.9. The number of hydrogen-bond acceptors (Lipinski definition) is 1. The van der Waals surface area contributed by atoms with Crippen LogP contribution in [0.4, 0.5) is 0 Å². The van der Waals surface area contributed by atoms with Gasteiger partial charge >= 0.3 is 0 Å². The van der Waals surface area contributed by atoms with Crippen molar-refractivity contribution in [2.45, 2.75) is 17.8 Å². The molecule has 0 fully saturated rings. The fraction of sp³-hybridized carbons (Fsp3) is 0.0612. The van der Waals surface area contributed by atoms with Gasteiger partial charge in [0.1, 0.15) is 11.5 Å². The summed E-state index contributed by atoms with van der Waals surface area (Å²) in [7, 11) is 0.